The van der Waals surface area contributed by atoms with Crippen LogP contribution in [-0.2, 0) is 9.47 Å². The number of hydrogen-bond acceptors (Lipinski definition) is 6. The van der Waals surface area contributed by atoms with Crippen LogP contribution in [0.2, 0.25) is 0 Å². The zero-order chi connectivity index (χ0) is 17.2. The number of nitrogens with one attached hydrogen (secondary N) is 1. The molecule has 0 unspecified atom stereocenters. The third-order valence-corrected chi connectivity index (χ3v) is 4.32. The Morgan fingerprint density at radius 2 is 1.72 bits per heavy atom. The molecule has 0 amide bonds. The Balaban J connectivity index is 1.88. The van der Waals surface area contributed by atoms with Crippen LogP contribution >= 0.6 is 0 Å². The average molecular weight is 340 g/mol. The quantitative estimate of drug-likeness (QED) is 0.568. The highest BCUT2D eigenvalue weighted by Gasteiger charge is 2.17. The van der Waals surface area contributed by atoms with Gasteiger partial charge in [-0.15, -0.1) is 0 Å². The molecule has 1 aliphatic rings. The average Bonchev–Trinajstić information content (AvgIpc) is 2.66. The number of pyridine rings is 1. The molecule has 25 heavy (non-hydrogen) atoms. The number of ether oxygens (including phenoxy) is 4. The maximum atomic E-state index is 5.74. The fourth-order valence-corrected chi connectivity index (χ4v) is 3.07. The fraction of sp³-hybridized carbons (Fsp3) is 0.316. The third-order valence-electron chi connectivity index (χ3n) is 4.32. The number of anilines is 1. The van der Waals surface area contributed by atoms with E-state index in [0.717, 1.165) is 39.0 Å². The molecule has 0 saturated heterocycles. The molecule has 1 N–H and O–H groups in total. The molecule has 0 atom stereocenters. The maximum absolute atomic E-state index is 5.74. The van der Waals surface area contributed by atoms with E-state index in [1.165, 1.54) is 0 Å². The molecule has 0 saturated carbocycles. The first-order chi connectivity index (χ1) is 12.3. The van der Waals surface area contributed by atoms with E-state index in [9.17, 15) is 0 Å². The molecule has 6 heteroatoms. The molecule has 0 fully saturated rings. The van der Waals surface area contributed by atoms with Crippen molar-refractivity contribution in [3.8, 4) is 11.5 Å². The van der Waals surface area contributed by atoms with Crippen LogP contribution in [-0.4, -0.2) is 45.3 Å². The SMILES string of the molecule is COC(CNc1c2ccccc2nc2cc3c(cc12)OCCO3)OC. The minimum absolute atomic E-state index is 0.334. The topological polar surface area (TPSA) is 61.8 Å². The number of para-hydroxylation sites is 1. The van der Waals surface area contributed by atoms with E-state index in [0.29, 0.717) is 19.8 Å². The summed E-state index contributed by atoms with van der Waals surface area (Å²) in [4.78, 5) is 4.78. The normalized spacial score (nSPS) is 13.6. The molecule has 2 aromatic carbocycles. The molecule has 6 nitrogen and oxygen atoms in total. The second kappa shape index (κ2) is 6.74. The maximum Gasteiger partial charge on any atom is 0.173 e. The van der Waals surface area contributed by atoms with Crippen molar-refractivity contribution >= 4 is 27.5 Å². The van der Waals surface area contributed by atoms with Crippen molar-refractivity contribution in [3.63, 3.8) is 0 Å². The van der Waals surface area contributed by atoms with Gasteiger partial charge in [-0.25, -0.2) is 4.98 Å². The highest BCUT2D eigenvalue weighted by atomic mass is 16.7. The lowest BCUT2D eigenvalue weighted by atomic mass is 10.1. The van der Waals surface area contributed by atoms with Crippen LogP contribution in [0.25, 0.3) is 21.8 Å². The standard InChI is InChI=1S/C19H20N2O4/c1-22-18(23-2)11-20-19-12-5-3-4-6-14(12)21-15-10-17-16(9-13(15)19)24-7-8-25-17/h3-6,9-10,18H,7-8,11H2,1-2H3,(H,20,21). The summed E-state index contributed by atoms with van der Waals surface area (Å²) in [6.07, 6.45) is -0.334. The Hall–Kier alpha value is -2.57. The van der Waals surface area contributed by atoms with Crippen LogP contribution in [0.15, 0.2) is 36.4 Å². The van der Waals surface area contributed by atoms with Crippen LogP contribution in [0.5, 0.6) is 11.5 Å². The number of fused-ring (bicyclic) bond motifs is 3. The van der Waals surface area contributed by atoms with Gasteiger partial charge in [-0.2, -0.15) is 0 Å². The number of nitrogens with zero attached hydrogens (tertiary/aromatic N) is 1. The van der Waals surface area contributed by atoms with Crippen LogP contribution in [0.1, 0.15) is 0 Å². The lowest BCUT2D eigenvalue weighted by molar-refractivity contribution is -0.0913. The van der Waals surface area contributed by atoms with Crippen molar-refractivity contribution in [2.75, 3.05) is 39.3 Å². The first-order valence-electron chi connectivity index (χ1n) is 8.21. The molecular formula is C19H20N2O4. The lowest BCUT2D eigenvalue weighted by Crippen LogP contribution is -2.23. The third kappa shape index (κ3) is 2.94. The summed E-state index contributed by atoms with van der Waals surface area (Å²) in [6, 6.07) is 12.0. The molecule has 0 bridgehead atoms. The summed E-state index contributed by atoms with van der Waals surface area (Å²) >= 11 is 0. The molecule has 0 aliphatic carbocycles. The number of benzene rings is 2. The molecule has 0 spiro atoms. The monoisotopic (exact) mass is 340 g/mol. The summed E-state index contributed by atoms with van der Waals surface area (Å²) in [5, 5.41) is 5.47. The van der Waals surface area contributed by atoms with E-state index in [2.05, 4.69) is 11.4 Å². The van der Waals surface area contributed by atoms with Gasteiger partial charge in [-0.3, -0.25) is 0 Å². The molecule has 3 aromatic rings. The van der Waals surface area contributed by atoms with Gasteiger partial charge in [-0.05, 0) is 12.1 Å². The van der Waals surface area contributed by atoms with Gasteiger partial charge in [0.2, 0.25) is 0 Å². The van der Waals surface area contributed by atoms with Crippen molar-refractivity contribution < 1.29 is 18.9 Å². The van der Waals surface area contributed by atoms with Gasteiger partial charge in [0.25, 0.3) is 0 Å². The smallest absolute Gasteiger partial charge is 0.173 e. The van der Waals surface area contributed by atoms with E-state index in [4.69, 9.17) is 23.9 Å². The zero-order valence-electron chi connectivity index (χ0n) is 14.2. The van der Waals surface area contributed by atoms with Gasteiger partial charge in [0.15, 0.2) is 17.8 Å². The molecule has 130 valence electrons. The zero-order valence-corrected chi connectivity index (χ0v) is 14.2. The predicted octanol–water partition coefficient (Wildman–Crippen LogP) is 3.19. The summed E-state index contributed by atoms with van der Waals surface area (Å²) in [5.74, 6) is 1.48. The van der Waals surface area contributed by atoms with Gasteiger partial charge in [0.05, 0.1) is 23.3 Å². The van der Waals surface area contributed by atoms with Crippen molar-refractivity contribution in [2.24, 2.45) is 0 Å². The van der Waals surface area contributed by atoms with Crippen molar-refractivity contribution in [1.82, 2.24) is 4.98 Å². The largest absolute Gasteiger partial charge is 0.486 e. The number of methoxy groups -OCH3 is 2. The van der Waals surface area contributed by atoms with Crippen LogP contribution in [0.4, 0.5) is 5.69 Å². The van der Waals surface area contributed by atoms with Crippen LogP contribution < -0.4 is 14.8 Å². The van der Waals surface area contributed by atoms with Crippen molar-refractivity contribution in [1.29, 1.82) is 0 Å². The van der Waals surface area contributed by atoms with E-state index < -0.39 is 0 Å². The second-order valence-corrected chi connectivity index (χ2v) is 5.80. The van der Waals surface area contributed by atoms with Gasteiger partial charge in [0.1, 0.15) is 13.2 Å². The molecule has 1 aromatic heterocycles. The summed E-state index contributed by atoms with van der Waals surface area (Å²) < 4.78 is 22.0. The van der Waals surface area contributed by atoms with Crippen molar-refractivity contribution in [2.45, 2.75) is 6.29 Å². The lowest BCUT2D eigenvalue weighted by Gasteiger charge is -2.21. The summed E-state index contributed by atoms with van der Waals surface area (Å²) in [7, 11) is 3.25. The summed E-state index contributed by atoms with van der Waals surface area (Å²) in [5.41, 5.74) is 2.76. The van der Waals surface area contributed by atoms with Crippen molar-refractivity contribution in [3.05, 3.63) is 36.4 Å². The highest BCUT2D eigenvalue weighted by molar-refractivity contribution is 6.08. The molecule has 4 rings (SSSR count). The minimum atomic E-state index is -0.334. The molecule has 2 heterocycles. The molecule has 1 aliphatic heterocycles. The van der Waals surface area contributed by atoms with Crippen LogP contribution in [0.3, 0.4) is 0 Å². The first kappa shape index (κ1) is 15.9. The Kier molecular flexibility index (Phi) is 4.29. The van der Waals surface area contributed by atoms with E-state index >= 15 is 0 Å². The van der Waals surface area contributed by atoms with Crippen LogP contribution in [0, 0.1) is 0 Å². The Labute approximate surface area is 145 Å². The fourth-order valence-electron chi connectivity index (χ4n) is 3.07. The Bertz CT molecular complexity index is 909. The number of aromatic nitrogens is 1. The van der Waals surface area contributed by atoms with E-state index in [1.807, 2.05) is 30.3 Å². The van der Waals surface area contributed by atoms with Gasteiger partial charge in [-0.1, -0.05) is 18.2 Å². The Morgan fingerprint density at radius 1 is 1.00 bits per heavy atom. The van der Waals surface area contributed by atoms with E-state index in [1.54, 1.807) is 14.2 Å². The van der Waals surface area contributed by atoms with Gasteiger partial charge in [0, 0.05) is 31.1 Å². The molecular weight excluding hydrogens is 320 g/mol. The molecule has 0 radical (unpaired) electrons. The predicted molar refractivity (Wildman–Crippen MR) is 96.5 cm³/mol. The van der Waals surface area contributed by atoms with Gasteiger partial charge < -0.3 is 24.3 Å². The van der Waals surface area contributed by atoms with E-state index in [-0.39, 0.29) is 6.29 Å². The minimum Gasteiger partial charge on any atom is -0.486 e. The summed E-state index contributed by atoms with van der Waals surface area (Å²) in [6.45, 7) is 1.63. The second-order valence-electron chi connectivity index (χ2n) is 5.80. The Morgan fingerprint density at radius 3 is 2.48 bits per heavy atom. The number of rotatable bonds is 5. The van der Waals surface area contributed by atoms with Gasteiger partial charge >= 0.3 is 0 Å². The first-order valence-corrected chi connectivity index (χ1v) is 8.21. The number of hydrogen-bond donors (Lipinski definition) is 1. The highest BCUT2D eigenvalue weighted by Crippen LogP contribution is 2.39.